The summed E-state index contributed by atoms with van der Waals surface area (Å²) in [6.45, 7) is 11.2. The van der Waals surface area contributed by atoms with E-state index in [0.29, 0.717) is 41.0 Å². The number of carbonyl (C=O) groups excluding carboxylic acids is 1. The van der Waals surface area contributed by atoms with Crippen molar-refractivity contribution < 1.29 is 24.3 Å². The Balaban J connectivity index is 1.95. The Morgan fingerprint density at radius 2 is 1.73 bits per heavy atom. The molecule has 1 heterocycles. The highest BCUT2D eigenvalue weighted by Crippen LogP contribution is 2.38. The van der Waals surface area contributed by atoms with Gasteiger partial charge >= 0.3 is 0 Å². The lowest BCUT2D eigenvalue weighted by Crippen LogP contribution is -3.11. The van der Waals surface area contributed by atoms with Crippen LogP contribution in [0.4, 0.5) is 0 Å². The van der Waals surface area contributed by atoms with Crippen molar-refractivity contribution >= 4 is 11.9 Å². The average molecular weight is 410 g/mol. The number of allylic oxidation sites excluding steroid dienone is 1. The first-order valence-electron chi connectivity index (χ1n) is 10.5. The minimum atomic E-state index is -0.202. The van der Waals surface area contributed by atoms with Crippen LogP contribution in [0.25, 0.3) is 6.08 Å². The summed E-state index contributed by atoms with van der Waals surface area (Å²) in [5, 5.41) is 12.7. The summed E-state index contributed by atoms with van der Waals surface area (Å²) in [5.74, 6) is 2.03. The molecule has 2 aromatic carbocycles. The fourth-order valence-corrected chi connectivity index (χ4v) is 4.02. The van der Waals surface area contributed by atoms with Gasteiger partial charge in [0.05, 0.1) is 25.8 Å². The Morgan fingerprint density at radius 1 is 1.07 bits per heavy atom. The molecule has 0 spiro atoms. The van der Waals surface area contributed by atoms with Crippen LogP contribution in [0.2, 0.25) is 0 Å². The van der Waals surface area contributed by atoms with Gasteiger partial charge in [0.1, 0.15) is 18.0 Å². The highest BCUT2D eigenvalue weighted by Gasteiger charge is 2.31. The summed E-state index contributed by atoms with van der Waals surface area (Å²) >= 11 is 0. The van der Waals surface area contributed by atoms with Crippen LogP contribution >= 0.6 is 0 Å². The number of Topliss-reactive ketones (excluding diaryl/α,β-unsaturated/α-hetero) is 1. The zero-order valence-corrected chi connectivity index (χ0v) is 18.5. The summed E-state index contributed by atoms with van der Waals surface area (Å²) in [7, 11) is 1.59. The minimum absolute atomic E-state index is 0.0786. The highest BCUT2D eigenvalue weighted by atomic mass is 16.5. The first-order chi connectivity index (χ1) is 14.3. The molecule has 160 valence electrons. The van der Waals surface area contributed by atoms with Gasteiger partial charge in [-0.25, -0.2) is 0 Å². The van der Waals surface area contributed by atoms with Crippen molar-refractivity contribution in [3.8, 4) is 17.2 Å². The molecule has 0 unspecified atom stereocenters. The molecule has 2 aromatic rings. The van der Waals surface area contributed by atoms with Gasteiger partial charge in [-0.3, -0.25) is 4.79 Å². The van der Waals surface area contributed by atoms with Crippen molar-refractivity contribution in [3.63, 3.8) is 0 Å². The number of methoxy groups -OCH3 is 1. The number of benzene rings is 2. The third-order valence-electron chi connectivity index (χ3n) is 5.14. The zero-order chi connectivity index (χ0) is 21.8. The summed E-state index contributed by atoms with van der Waals surface area (Å²) in [6.07, 6.45) is 1.68. The second-order valence-electron chi connectivity index (χ2n) is 8.72. The molecule has 0 fully saturated rings. The van der Waals surface area contributed by atoms with Gasteiger partial charge in [-0.1, -0.05) is 57.7 Å². The zero-order valence-electron chi connectivity index (χ0n) is 18.5. The summed E-state index contributed by atoms with van der Waals surface area (Å²) in [5.41, 5.74) is 1.80. The van der Waals surface area contributed by atoms with Crippen molar-refractivity contribution in [2.24, 2.45) is 11.8 Å². The van der Waals surface area contributed by atoms with E-state index in [-0.39, 0.29) is 17.3 Å². The van der Waals surface area contributed by atoms with E-state index in [0.717, 1.165) is 18.7 Å². The second-order valence-corrected chi connectivity index (χ2v) is 8.72. The van der Waals surface area contributed by atoms with Gasteiger partial charge in [0, 0.05) is 23.0 Å². The molecule has 5 heteroatoms. The second kappa shape index (κ2) is 9.35. The van der Waals surface area contributed by atoms with E-state index in [9.17, 15) is 9.90 Å². The smallest absolute Gasteiger partial charge is 0.231 e. The van der Waals surface area contributed by atoms with Crippen LogP contribution in [0.5, 0.6) is 17.2 Å². The minimum Gasteiger partial charge on any atom is -0.872 e. The van der Waals surface area contributed by atoms with Gasteiger partial charge < -0.3 is 19.5 Å². The molecule has 30 heavy (non-hydrogen) atoms. The molecule has 0 aromatic heterocycles. The Bertz CT molecular complexity index is 936. The number of nitrogens with one attached hydrogen (secondary N) is 1. The summed E-state index contributed by atoms with van der Waals surface area (Å²) in [4.78, 5) is 14.3. The largest absolute Gasteiger partial charge is 0.872 e. The van der Waals surface area contributed by atoms with E-state index in [1.165, 1.54) is 11.0 Å². The van der Waals surface area contributed by atoms with E-state index >= 15 is 0 Å². The summed E-state index contributed by atoms with van der Waals surface area (Å²) < 4.78 is 11.4. The number of carbonyl (C=O) groups is 1. The van der Waals surface area contributed by atoms with E-state index in [4.69, 9.17) is 9.47 Å². The molecule has 0 saturated carbocycles. The quantitative estimate of drug-likeness (QED) is 0.681. The molecular formula is C25H31NO4. The lowest BCUT2D eigenvalue weighted by molar-refractivity contribution is -0.919. The lowest BCUT2D eigenvalue weighted by Gasteiger charge is -2.26. The van der Waals surface area contributed by atoms with Crippen LogP contribution in [0.15, 0.2) is 42.2 Å². The van der Waals surface area contributed by atoms with Crippen LogP contribution in [0.3, 0.4) is 0 Å². The van der Waals surface area contributed by atoms with Gasteiger partial charge in [0.15, 0.2) is 5.76 Å². The topological polar surface area (TPSA) is 63.0 Å². The van der Waals surface area contributed by atoms with Crippen LogP contribution in [0.1, 0.15) is 49.2 Å². The molecule has 0 bridgehead atoms. The monoisotopic (exact) mass is 409 g/mol. The molecule has 0 aliphatic carbocycles. The lowest BCUT2D eigenvalue weighted by atomic mass is 10.0. The Hall–Kier alpha value is -2.79. The van der Waals surface area contributed by atoms with Gasteiger partial charge in [0.2, 0.25) is 5.78 Å². The molecule has 0 atom stereocenters. The maximum Gasteiger partial charge on any atom is 0.231 e. The number of hydrogen-bond donors (Lipinski definition) is 1. The predicted molar refractivity (Wildman–Crippen MR) is 116 cm³/mol. The van der Waals surface area contributed by atoms with Crippen LogP contribution in [-0.2, 0) is 6.54 Å². The Morgan fingerprint density at radius 3 is 2.37 bits per heavy atom. The first kappa shape index (κ1) is 21.9. The predicted octanol–water partition coefficient (Wildman–Crippen LogP) is 3.08. The number of ether oxygens (including phenoxy) is 2. The van der Waals surface area contributed by atoms with Crippen molar-refractivity contribution in [2.45, 2.75) is 34.2 Å². The van der Waals surface area contributed by atoms with Gasteiger partial charge in [-0.2, -0.15) is 0 Å². The van der Waals surface area contributed by atoms with Crippen molar-refractivity contribution in [1.82, 2.24) is 0 Å². The number of rotatable bonds is 8. The molecule has 1 aliphatic heterocycles. The maximum atomic E-state index is 13.0. The fourth-order valence-electron chi connectivity index (χ4n) is 4.02. The maximum absolute atomic E-state index is 13.0. The molecule has 5 nitrogen and oxygen atoms in total. The third kappa shape index (κ3) is 4.85. The number of ketones is 1. The normalized spacial score (nSPS) is 14.7. The standard InChI is InChI=1S/C25H31NO4/c1-16(2)13-26(14-17(3)4)15-20-21(27)11-10-19-24(28)23(30-25(19)20)12-18-8-6-7-9-22(18)29-5/h6-12,16-17,27H,13-15H2,1-5H3/b23-12-. The van der Waals surface area contributed by atoms with Crippen LogP contribution in [0, 0.1) is 11.8 Å². The van der Waals surface area contributed by atoms with E-state index in [1.54, 1.807) is 19.3 Å². The van der Waals surface area contributed by atoms with E-state index < -0.39 is 0 Å². The molecule has 3 rings (SSSR count). The molecule has 0 amide bonds. The van der Waals surface area contributed by atoms with Gasteiger partial charge in [0.25, 0.3) is 0 Å². The van der Waals surface area contributed by atoms with Crippen molar-refractivity contribution in [3.05, 3.63) is 58.8 Å². The third-order valence-corrected chi connectivity index (χ3v) is 5.14. The van der Waals surface area contributed by atoms with Gasteiger partial charge in [-0.15, -0.1) is 0 Å². The Labute approximate surface area is 178 Å². The van der Waals surface area contributed by atoms with Crippen LogP contribution in [-0.4, -0.2) is 26.0 Å². The molecule has 1 aliphatic rings. The Kier molecular flexibility index (Phi) is 6.83. The van der Waals surface area contributed by atoms with E-state index in [1.807, 2.05) is 24.3 Å². The number of hydrogen-bond acceptors (Lipinski definition) is 4. The SMILES string of the molecule is COc1ccccc1/C=C1\Oc2c(ccc([O-])c2C[NH+](CC(C)C)CC(C)C)C1=O. The molecule has 1 N–H and O–H groups in total. The number of quaternary nitrogens is 1. The fraction of sp³-hybridized carbons (Fsp3) is 0.400. The van der Waals surface area contributed by atoms with Gasteiger partial charge in [-0.05, 0) is 18.2 Å². The first-order valence-corrected chi connectivity index (χ1v) is 10.5. The number of para-hydroxylation sites is 1. The number of fused-ring (bicyclic) bond motifs is 1. The summed E-state index contributed by atoms with van der Waals surface area (Å²) in [6, 6.07) is 10.5. The molecule has 0 saturated heterocycles. The van der Waals surface area contributed by atoms with Crippen LogP contribution < -0.4 is 19.5 Å². The highest BCUT2D eigenvalue weighted by molar-refractivity contribution is 6.15. The van der Waals surface area contributed by atoms with Crippen molar-refractivity contribution in [2.75, 3.05) is 20.2 Å². The van der Waals surface area contributed by atoms with E-state index in [2.05, 4.69) is 27.7 Å². The van der Waals surface area contributed by atoms with Crippen molar-refractivity contribution in [1.29, 1.82) is 0 Å². The molecule has 0 radical (unpaired) electrons. The molecular weight excluding hydrogens is 378 g/mol. The average Bonchev–Trinajstić information content (AvgIpc) is 2.99.